The molecule has 6 rings (SSSR count). The van der Waals surface area contributed by atoms with Gasteiger partial charge in [0.05, 0.1) is 40.6 Å². The highest BCUT2D eigenvalue weighted by Crippen LogP contribution is 2.35. The molecule has 8 nitrogen and oxygen atoms in total. The first kappa shape index (κ1) is 31.7. The van der Waals surface area contributed by atoms with Crippen molar-refractivity contribution in [3.63, 3.8) is 0 Å². The van der Waals surface area contributed by atoms with Gasteiger partial charge in [-0.25, -0.2) is 14.6 Å². The van der Waals surface area contributed by atoms with E-state index in [0.717, 1.165) is 22.3 Å². The number of esters is 2. The van der Waals surface area contributed by atoms with Gasteiger partial charge in [-0.1, -0.05) is 91.9 Å². The lowest BCUT2D eigenvalue weighted by Gasteiger charge is -2.26. The van der Waals surface area contributed by atoms with E-state index in [1.165, 1.54) is 11.3 Å². The number of ether oxygens (including phenoxy) is 2. The standard InChI is InChI=1S/C38H34N2O6S/c1-5-44-36(42)28-18-14-25(15-19-28)30-21-20-29(46-30)22-31-35(41)40-34(27-16-12-24(13-17-27)23(3)4)32(37(43)45-6-2)33(39-38(40)47-31)26-10-8-7-9-11-26/h7-23,34H,5-6H2,1-4H3/b31-22-. The van der Waals surface area contributed by atoms with Gasteiger partial charge in [-0.3, -0.25) is 9.36 Å². The average Bonchev–Trinajstić information content (AvgIpc) is 3.68. The average molecular weight is 647 g/mol. The second-order valence-corrected chi connectivity index (χ2v) is 12.3. The maximum atomic E-state index is 14.2. The van der Waals surface area contributed by atoms with E-state index in [4.69, 9.17) is 18.9 Å². The number of carbonyl (C=O) groups is 2. The first-order valence-electron chi connectivity index (χ1n) is 15.5. The third-order valence-corrected chi connectivity index (χ3v) is 8.86. The van der Waals surface area contributed by atoms with E-state index in [2.05, 4.69) is 13.8 Å². The molecular formula is C38H34N2O6S. The lowest BCUT2D eigenvalue weighted by atomic mass is 9.91. The molecule has 3 aromatic carbocycles. The largest absolute Gasteiger partial charge is 0.463 e. The Balaban J connectivity index is 1.48. The molecule has 1 atom stereocenters. The lowest BCUT2D eigenvalue weighted by Crippen LogP contribution is -2.40. The maximum Gasteiger partial charge on any atom is 0.338 e. The molecule has 0 amide bonds. The zero-order valence-corrected chi connectivity index (χ0v) is 27.4. The molecule has 0 bridgehead atoms. The van der Waals surface area contributed by atoms with Crippen LogP contribution in [0.2, 0.25) is 0 Å². The van der Waals surface area contributed by atoms with Crippen LogP contribution in [0.25, 0.3) is 23.1 Å². The molecule has 238 valence electrons. The summed E-state index contributed by atoms with van der Waals surface area (Å²) in [5, 5.41) is 0. The monoisotopic (exact) mass is 646 g/mol. The number of carbonyl (C=O) groups excluding carboxylic acids is 2. The van der Waals surface area contributed by atoms with E-state index >= 15 is 0 Å². The third-order valence-electron chi connectivity index (χ3n) is 7.87. The summed E-state index contributed by atoms with van der Waals surface area (Å²) in [6.07, 6.45) is 1.69. The van der Waals surface area contributed by atoms with Crippen LogP contribution in [-0.4, -0.2) is 29.7 Å². The Kier molecular flexibility index (Phi) is 9.17. The summed E-state index contributed by atoms with van der Waals surface area (Å²) in [4.78, 5) is 45.3. The third kappa shape index (κ3) is 6.39. The minimum Gasteiger partial charge on any atom is -0.463 e. The molecule has 0 saturated carbocycles. The van der Waals surface area contributed by atoms with Gasteiger partial charge < -0.3 is 13.9 Å². The van der Waals surface area contributed by atoms with Crippen molar-refractivity contribution in [2.24, 2.45) is 4.99 Å². The molecule has 0 fully saturated rings. The van der Waals surface area contributed by atoms with Crippen LogP contribution in [0.3, 0.4) is 0 Å². The van der Waals surface area contributed by atoms with E-state index in [1.807, 2.05) is 60.7 Å². The van der Waals surface area contributed by atoms with E-state index in [-0.39, 0.29) is 18.1 Å². The molecule has 0 saturated heterocycles. The van der Waals surface area contributed by atoms with Gasteiger partial charge in [0.25, 0.3) is 5.56 Å². The number of hydrogen-bond donors (Lipinski definition) is 0. The van der Waals surface area contributed by atoms with Crippen molar-refractivity contribution in [1.29, 1.82) is 0 Å². The second kappa shape index (κ2) is 13.6. The fourth-order valence-electron chi connectivity index (χ4n) is 5.52. The zero-order valence-electron chi connectivity index (χ0n) is 26.6. The Morgan fingerprint density at radius 1 is 0.872 bits per heavy atom. The summed E-state index contributed by atoms with van der Waals surface area (Å²) >= 11 is 1.23. The number of hydrogen-bond acceptors (Lipinski definition) is 8. The Bertz CT molecular complexity index is 2140. The first-order chi connectivity index (χ1) is 22.8. The van der Waals surface area contributed by atoms with Gasteiger partial charge in [-0.2, -0.15) is 0 Å². The number of rotatable bonds is 9. The predicted molar refractivity (Wildman–Crippen MR) is 182 cm³/mol. The van der Waals surface area contributed by atoms with E-state index in [0.29, 0.717) is 50.2 Å². The fourth-order valence-corrected chi connectivity index (χ4v) is 6.50. The van der Waals surface area contributed by atoms with E-state index in [1.54, 1.807) is 54.8 Å². The SMILES string of the molecule is CCOC(=O)C1=C(c2ccccc2)N=c2s/c(=C\c3ccc(-c4ccc(C(=O)OCC)cc4)o3)c(=O)n2C1c1ccc(C(C)C)cc1. The Hall–Kier alpha value is -5.28. The highest BCUT2D eigenvalue weighted by molar-refractivity contribution is 7.07. The highest BCUT2D eigenvalue weighted by Gasteiger charge is 2.35. The molecule has 47 heavy (non-hydrogen) atoms. The number of fused-ring (bicyclic) bond motifs is 1. The summed E-state index contributed by atoms with van der Waals surface area (Å²) in [5.74, 6) is 0.473. The zero-order chi connectivity index (χ0) is 33.1. The molecule has 1 aliphatic rings. The summed E-state index contributed by atoms with van der Waals surface area (Å²) in [6, 6.07) is 27.3. The van der Waals surface area contributed by atoms with Crippen molar-refractivity contribution in [3.05, 3.63) is 144 Å². The van der Waals surface area contributed by atoms with E-state index < -0.39 is 12.0 Å². The van der Waals surface area contributed by atoms with Crippen molar-refractivity contribution < 1.29 is 23.5 Å². The number of benzene rings is 3. The van der Waals surface area contributed by atoms with Crippen molar-refractivity contribution in [2.75, 3.05) is 13.2 Å². The normalized spacial score (nSPS) is 14.6. The maximum absolute atomic E-state index is 14.2. The second-order valence-electron chi connectivity index (χ2n) is 11.3. The van der Waals surface area contributed by atoms with Gasteiger partial charge in [0.2, 0.25) is 0 Å². The van der Waals surface area contributed by atoms with Crippen molar-refractivity contribution >= 4 is 35.0 Å². The molecule has 1 aliphatic heterocycles. The Labute approximate surface area is 275 Å². The molecule has 0 radical (unpaired) electrons. The number of thiazole rings is 1. The van der Waals surface area contributed by atoms with E-state index in [9.17, 15) is 14.4 Å². The highest BCUT2D eigenvalue weighted by atomic mass is 32.1. The minimum atomic E-state index is -0.756. The number of furan rings is 1. The Morgan fingerprint density at radius 3 is 2.21 bits per heavy atom. The summed E-state index contributed by atoms with van der Waals surface area (Å²) in [5.41, 5.74) is 4.39. The van der Waals surface area contributed by atoms with Crippen LogP contribution in [0.15, 0.2) is 111 Å². The van der Waals surface area contributed by atoms with Crippen LogP contribution in [-0.2, 0) is 14.3 Å². The molecule has 9 heteroatoms. The number of nitrogens with zero attached hydrogens (tertiary/aromatic N) is 2. The van der Waals surface area contributed by atoms with Gasteiger partial charge in [-0.15, -0.1) is 0 Å². The summed E-state index contributed by atoms with van der Waals surface area (Å²) < 4.78 is 18.7. The molecular weight excluding hydrogens is 612 g/mol. The van der Waals surface area contributed by atoms with Crippen molar-refractivity contribution in [1.82, 2.24) is 4.57 Å². The summed E-state index contributed by atoms with van der Waals surface area (Å²) in [7, 11) is 0. The quantitative estimate of drug-likeness (QED) is 0.170. The van der Waals surface area contributed by atoms with Crippen molar-refractivity contribution in [3.8, 4) is 11.3 Å². The van der Waals surface area contributed by atoms with Crippen LogP contribution in [0, 0.1) is 0 Å². The number of aromatic nitrogens is 1. The molecule has 0 aliphatic carbocycles. The first-order valence-corrected chi connectivity index (χ1v) is 16.4. The van der Waals surface area contributed by atoms with Crippen LogP contribution in [0.5, 0.6) is 0 Å². The smallest absolute Gasteiger partial charge is 0.338 e. The van der Waals surface area contributed by atoms with Crippen LogP contribution in [0.4, 0.5) is 0 Å². The molecule has 2 aromatic heterocycles. The van der Waals surface area contributed by atoms with Crippen LogP contribution < -0.4 is 14.9 Å². The molecule has 3 heterocycles. The van der Waals surface area contributed by atoms with Crippen LogP contribution in [0.1, 0.15) is 72.5 Å². The van der Waals surface area contributed by atoms with Crippen molar-refractivity contribution in [2.45, 2.75) is 39.7 Å². The van der Waals surface area contributed by atoms with Crippen LogP contribution >= 0.6 is 11.3 Å². The summed E-state index contributed by atoms with van der Waals surface area (Å²) in [6.45, 7) is 8.24. The van der Waals surface area contributed by atoms with Gasteiger partial charge in [-0.05, 0) is 55.2 Å². The van der Waals surface area contributed by atoms with Gasteiger partial charge in [0, 0.05) is 17.2 Å². The minimum absolute atomic E-state index is 0.181. The molecule has 5 aromatic rings. The molecule has 0 spiro atoms. The van der Waals surface area contributed by atoms with Gasteiger partial charge >= 0.3 is 11.9 Å². The fraction of sp³-hybridized carbons (Fsp3) is 0.211. The predicted octanol–water partition coefficient (Wildman–Crippen LogP) is 6.50. The molecule has 0 N–H and O–H groups in total. The Morgan fingerprint density at radius 2 is 1.55 bits per heavy atom. The van der Waals surface area contributed by atoms with Gasteiger partial charge in [0.1, 0.15) is 11.5 Å². The van der Waals surface area contributed by atoms with Gasteiger partial charge in [0.15, 0.2) is 4.80 Å². The lowest BCUT2D eigenvalue weighted by molar-refractivity contribution is -0.138. The topological polar surface area (TPSA) is 100 Å². The molecule has 1 unspecified atom stereocenters.